The molecule has 1 aliphatic heterocycles. The zero-order valence-electron chi connectivity index (χ0n) is 19.1. The summed E-state index contributed by atoms with van der Waals surface area (Å²) < 4.78 is 0. The molecule has 1 aromatic carbocycles. The molecule has 1 aliphatic carbocycles. The van der Waals surface area contributed by atoms with Crippen LogP contribution in [0.25, 0.3) is 0 Å². The van der Waals surface area contributed by atoms with Crippen molar-refractivity contribution in [1.82, 2.24) is 25.5 Å². The van der Waals surface area contributed by atoms with Gasteiger partial charge in [-0.05, 0) is 67.1 Å². The lowest BCUT2D eigenvalue weighted by molar-refractivity contribution is 0.116. The molecule has 33 heavy (non-hydrogen) atoms. The van der Waals surface area contributed by atoms with Gasteiger partial charge in [-0.3, -0.25) is 14.9 Å². The minimum atomic E-state index is 0. The highest BCUT2D eigenvalue weighted by Gasteiger charge is 2.33. The van der Waals surface area contributed by atoms with Crippen LogP contribution in [-0.2, 0) is 26.1 Å². The summed E-state index contributed by atoms with van der Waals surface area (Å²) in [6.07, 6.45) is 8.65. The number of pyridine rings is 2. The maximum absolute atomic E-state index is 4.83. The molecular formula is C27H34BrN5. The van der Waals surface area contributed by atoms with Gasteiger partial charge in [0.05, 0.1) is 17.4 Å². The molecule has 2 aliphatic rings. The van der Waals surface area contributed by atoms with E-state index >= 15 is 0 Å². The number of halogens is 1. The van der Waals surface area contributed by atoms with Gasteiger partial charge in [-0.2, -0.15) is 0 Å². The first-order valence-electron chi connectivity index (χ1n) is 12.0. The second-order valence-electron chi connectivity index (χ2n) is 9.02. The van der Waals surface area contributed by atoms with E-state index < -0.39 is 0 Å². The molecule has 2 aromatic heterocycles. The Labute approximate surface area is 207 Å². The summed E-state index contributed by atoms with van der Waals surface area (Å²) in [5, 5.41) is 7.07. The summed E-state index contributed by atoms with van der Waals surface area (Å²) in [5.41, 5.74) is 6.51. The second-order valence-corrected chi connectivity index (χ2v) is 9.02. The standard InChI is InChI=1S/C27H33N5.BrH/c1-2-14-30-24(7-1)18-29-17-21-9-11-22(12-10-21)20-32(25-13-16-28-19-25)26-8-3-5-23-6-4-15-31-27(23)26;/h1-2,4,6-7,9-12,14-15,25-26,28-29H,3,5,8,13,16-20H2;1H. The molecular weight excluding hydrogens is 474 g/mol. The molecule has 2 N–H and O–H groups in total. The highest BCUT2D eigenvalue weighted by molar-refractivity contribution is 8.93. The average molecular weight is 509 g/mol. The Morgan fingerprint density at radius 3 is 2.55 bits per heavy atom. The van der Waals surface area contributed by atoms with Gasteiger partial charge in [0.2, 0.25) is 0 Å². The van der Waals surface area contributed by atoms with E-state index in [9.17, 15) is 0 Å². The zero-order valence-corrected chi connectivity index (χ0v) is 20.8. The number of hydrogen-bond acceptors (Lipinski definition) is 5. The molecule has 0 radical (unpaired) electrons. The van der Waals surface area contributed by atoms with Crippen LogP contribution in [0.3, 0.4) is 0 Å². The van der Waals surface area contributed by atoms with E-state index in [0.29, 0.717) is 12.1 Å². The summed E-state index contributed by atoms with van der Waals surface area (Å²) in [6, 6.07) is 20.5. The van der Waals surface area contributed by atoms with Crippen LogP contribution in [-0.4, -0.2) is 34.0 Å². The monoisotopic (exact) mass is 507 g/mol. The van der Waals surface area contributed by atoms with Crippen molar-refractivity contribution < 1.29 is 0 Å². The normalized spacial score (nSPS) is 19.8. The van der Waals surface area contributed by atoms with Crippen molar-refractivity contribution in [2.24, 2.45) is 0 Å². The largest absolute Gasteiger partial charge is 0.315 e. The van der Waals surface area contributed by atoms with Crippen molar-refractivity contribution in [3.63, 3.8) is 0 Å². The van der Waals surface area contributed by atoms with Gasteiger partial charge in [-0.25, -0.2) is 0 Å². The first kappa shape index (κ1) is 24.0. The summed E-state index contributed by atoms with van der Waals surface area (Å²) >= 11 is 0. The number of rotatable bonds is 8. The minimum Gasteiger partial charge on any atom is -0.315 e. The molecule has 2 unspecified atom stereocenters. The molecule has 0 saturated carbocycles. The van der Waals surface area contributed by atoms with Crippen LogP contribution in [0.1, 0.15) is 53.4 Å². The van der Waals surface area contributed by atoms with Gasteiger partial charge >= 0.3 is 0 Å². The van der Waals surface area contributed by atoms with Gasteiger partial charge in [-0.1, -0.05) is 36.4 Å². The van der Waals surface area contributed by atoms with E-state index in [2.05, 4.69) is 63.0 Å². The van der Waals surface area contributed by atoms with Gasteiger partial charge in [0.25, 0.3) is 0 Å². The first-order chi connectivity index (χ1) is 15.9. The summed E-state index contributed by atoms with van der Waals surface area (Å²) in [5.74, 6) is 0. The fourth-order valence-electron chi connectivity index (χ4n) is 5.13. The van der Waals surface area contributed by atoms with Crippen LogP contribution in [0.5, 0.6) is 0 Å². The molecule has 3 aromatic rings. The lowest BCUT2D eigenvalue weighted by atomic mass is 9.89. The Bertz CT molecular complexity index is 989. The lowest BCUT2D eigenvalue weighted by Gasteiger charge is -2.38. The van der Waals surface area contributed by atoms with E-state index in [1.54, 1.807) is 0 Å². The fourth-order valence-corrected chi connectivity index (χ4v) is 5.13. The molecule has 5 nitrogen and oxygen atoms in total. The smallest absolute Gasteiger partial charge is 0.0607 e. The summed E-state index contributed by atoms with van der Waals surface area (Å²) in [6.45, 7) is 4.82. The minimum absolute atomic E-state index is 0. The highest BCUT2D eigenvalue weighted by Crippen LogP contribution is 2.36. The van der Waals surface area contributed by atoms with Gasteiger partial charge < -0.3 is 10.6 Å². The van der Waals surface area contributed by atoms with Crippen LogP contribution in [0.4, 0.5) is 0 Å². The maximum Gasteiger partial charge on any atom is 0.0607 e. The molecule has 3 heterocycles. The number of hydrogen-bond donors (Lipinski definition) is 2. The number of benzene rings is 1. The Morgan fingerprint density at radius 2 is 1.76 bits per heavy atom. The van der Waals surface area contributed by atoms with Crippen molar-refractivity contribution in [3.05, 3.63) is 95.1 Å². The fraction of sp³-hybridized carbons (Fsp3) is 0.407. The van der Waals surface area contributed by atoms with E-state index in [1.165, 1.54) is 41.6 Å². The Balaban J connectivity index is 0.00000259. The van der Waals surface area contributed by atoms with Crippen LogP contribution >= 0.6 is 17.0 Å². The molecule has 6 heteroatoms. The highest BCUT2D eigenvalue weighted by atomic mass is 79.9. The maximum atomic E-state index is 4.83. The first-order valence-corrected chi connectivity index (χ1v) is 12.0. The van der Waals surface area contributed by atoms with Crippen LogP contribution in [0.2, 0.25) is 0 Å². The van der Waals surface area contributed by atoms with Crippen LogP contribution < -0.4 is 10.6 Å². The van der Waals surface area contributed by atoms with Crippen LogP contribution in [0, 0.1) is 0 Å². The Kier molecular flexibility index (Phi) is 8.62. The third-order valence-corrected chi connectivity index (χ3v) is 6.82. The van der Waals surface area contributed by atoms with Crippen molar-refractivity contribution in [1.29, 1.82) is 0 Å². The van der Waals surface area contributed by atoms with Gasteiger partial charge in [-0.15, -0.1) is 17.0 Å². The lowest BCUT2D eigenvalue weighted by Crippen LogP contribution is -2.41. The molecule has 5 rings (SSSR count). The van der Waals surface area contributed by atoms with Crippen molar-refractivity contribution in [3.8, 4) is 0 Å². The Morgan fingerprint density at radius 1 is 0.909 bits per heavy atom. The quantitative estimate of drug-likeness (QED) is 0.467. The molecule has 0 spiro atoms. The van der Waals surface area contributed by atoms with E-state index in [1.807, 2.05) is 24.5 Å². The third-order valence-electron chi connectivity index (χ3n) is 6.82. The molecule has 1 saturated heterocycles. The van der Waals surface area contributed by atoms with Crippen LogP contribution in [0.15, 0.2) is 67.0 Å². The zero-order chi connectivity index (χ0) is 21.6. The van der Waals surface area contributed by atoms with Crippen molar-refractivity contribution in [2.45, 2.75) is 57.4 Å². The van der Waals surface area contributed by atoms with E-state index in [4.69, 9.17) is 4.98 Å². The molecule has 2 atom stereocenters. The molecule has 174 valence electrons. The summed E-state index contributed by atoms with van der Waals surface area (Å²) in [7, 11) is 0. The average Bonchev–Trinajstić information content (AvgIpc) is 3.39. The SMILES string of the molecule is Br.c1ccc(CNCc2ccc(CN(C3CCNC3)C3CCCc4cccnc43)cc2)nc1. The molecule has 0 amide bonds. The van der Waals surface area contributed by atoms with Crippen molar-refractivity contribution in [2.75, 3.05) is 13.1 Å². The number of aryl methyl sites for hydroxylation is 1. The molecule has 1 fully saturated rings. The topological polar surface area (TPSA) is 53.1 Å². The van der Waals surface area contributed by atoms with E-state index in [-0.39, 0.29) is 17.0 Å². The van der Waals surface area contributed by atoms with Gasteiger partial charge in [0, 0.05) is 44.6 Å². The Hall–Kier alpha value is -2.12. The third kappa shape index (κ3) is 6.07. The number of nitrogens with zero attached hydrogens (tertiary/aromatic N) is 3. The second kappa shape index (κ2) is 11.8. The predicted octanol–water partition coefficient (Wildman–Crippen LogP) is 4.59. The summed E-state index contributed by atoms with van der Waals surface area (Å²) in [4.78, 5) is 11.9. The number of fused-ring (bicyclic) bond motifs is 1. The van der Waals surface area contributed by atoms with Gasteiger partial charge in [0.1, 0.15) is 0 Å². The predicted molar refractivity (Wildman–Crippen MR) is 138 cm³/mol. The molecule has 0 bridgehead atoms. The van der Waals surface area contributed by atoms with Crippen molar-refractivity contribution >= 4 is 17.0 Å². The van der Waals surface area contributed by atoms with E-state index in [0.717, 1.165) is 44.8 Å². The van der Waals surface area contributed by atoms with Gasteiger partial charge in [0.15, 0.2) is 0 Å². The number of nitrogens with one attached hydrogen (secondary N) is 2. The number of aromatic nitrogens is 2.